The van der Waals surface area contributed by atoms with Crippen molar-refractivity contribution in [3.05, 3.63) is 0 Å². The van der Waals surface area contributed by atoms with Crippen molar-refractivity contribution in [2.45, 2.75) is 46.6 Å². The van der Waals surface area contributed by atoms with Gasteiger partial charge in [-0.3, -0.25) is 4.90 Å². The van der Waals surface area contributed by atoms with Crippen LogP contribution in [0.5, 0.6) is 0 Å². The first kappa shape index (κ1) is 14.9. The van der Waals surface area contributed by atoms with Crippen LogP contribution >= 0.6 is 0 Å². The number of rotatable bonds is 7. The fourth-order valence-corrected chi connectivity index (χ4v) is 2.83. The third-order valence-electron chi connectivity index (χ3n) is 3.59. The Morgan fingerprint density at radius 3 is 2.76 bits per heavy atom. The maximum Gasteiger partial charge on any atom is 0.0674 e. The zero-order valence-electron chi connectivity index (χ0n) is 12.1. The standard InChI is InChI=1S/C14H30N2O/c1-5-7-14(4,11-15-6-2)12-16-8-9-17-13(3)10-16/h13,15H,5-12H2,1-4H3. The van der Waals surface area contributed by atoms with E-state index in [2.05, 4.69) is 37.9 Å². The molecule has 0 spiro atoms. The Balaban J connectivity index is 2.46. The van der Waals surface area contributed by atoms with Crippen LogP contribution < -0.4 is 5.32 Å². The van der Waals surface area contributed by atoms with Crippen molar-refractivity contribution in [1.29, 1.82) is 0 Å². The average Bonchev–Trinajstić information content (AvgIpc) is 2.27. The summed E-state index contributed by atoms with van der Waals surface area (Å²) in [5.74, 6) is 0. The van der Waals surface area contributed by atoms with Gasteiger partial charge in [-0.15, -0.1) is 0 Å². The molecule has 0 aromatic heterocycles. The fraction of sp³-hybridized carbons (Fsp3) is 1.00. The summed E-state index contributed by atoms with van der Waals surface area (Å²) in [6, 6.07) is 0. The van der Waals surface area contributed by atoms with Crippen LogP contribution in [0.2, 0.25) is 0 Å². The van der Waals surface area contributed by atoms with Crippen LogP contribution in [0, 0.1) is 5.41 Å². The van der Waals surface area contributed by atoms with Crippen LogP contribution in [0.15, 0.2) is 0 Å². The van der Waals surface area contributed by atoms with Crippen LogP contribution in [-0.2, 0) is 4.74 Å². The number of morpholine rings is 1. The molecule has 17 heavy (non-hydrogen) atoms. The van der Waals surface area contributed by atoms with Crippen LogP contribution in [0.3, 0.4) is 0 Å². The highest BCUT2D eigenvalue weighted by Gasteiger charge is 2.28. The van der Waals surface area contributed by atoms with Gasteiger partial charge in [-0.05, 0) is 25.3 Å². The average molecular weight is 242 g/mol. The summed E-state index contributed by atoms with van der Waals surface area (Å²) >= 11 is 0. The van der Waals surface area contributed by atoms with Gasteiger partial charge >= 0.3 is 0 Å². The minimum absolute atomic E-state index is 0.397. The van der Waals surface area contributed by atoms with Gasteiger partial charge in [0.15, 0.2) is 0 Å². The monoisotopic (exact) mass is 242 g/mol. The molecule has 2 unspecified atom stereocenters. The molecule has 0 amide bonds. The molecule has 0 aliphatic carbocycles. The summed E-state index contributed by atoms with van der Waals surface area (Å²) < 4.78 is 5.61. The molecular formula is C14H30N2O. The molecule has 0 aromatic carbocycles. The molecule has 102 valence electrons. The lowest BCUT2D eigenvalue weighted by atomic mass is 9.84. The number of nitrogens with one attached hydrogen (secondary N) is 1. The van der Waals surface area contributed by atoms with E-state index in [1.807, 2.05) is 0 Å². The van der Waals surface area contributed by atoms with Gasteiger partial charge in [0.1, 0.15) is 0 Å². The number of ether oxygens (including phenoxy) is 1. The van der Waals surface area contributed by atoms with Crippen molar-refractivity contribution in [3.8, 4) is 0 Å². The smallest absolute Gasteiger partial charge is 0.0674 e. The molecule has 0 bridgehead atoms. The molecule has 3 nitrogen and oxygen atoms in total. The first-order valence-corrected chi connectivity index (χ1v) is 7.14. The van der Waals surface area contributed by atoms with Crippen molar-refractivity contribution in [2.75, 3.05) is 39.3 Å². The molecule has 1 N–H and O–H groups in total. The largest absolute Gasteiger partial charge is 0.376 e. The van der Waals surface area contributed by atoms with E-state index >= 15 is 0 Å². The number of nitrogens with zero attached hydrogens (tertiary/aromatic N) is 1. The molecule has 1 heterocycles. The van der Waals surface area contributed by atoms with Gasteiger partial charge in [0.05, 0.1) is 12.7 Å². The van der Waals surface area contributed by atoms with Crippen molar-refractivity contribution in [2.24, 2.45) is 5.41 Å². The lowest BCUT2D eigenvalue weighted by Gasteiger charge is -2.39. The van der Waals surface area contributed by atoms with Gasteiger partial charge < -0.3 is 10.1 Å². The van der Waals surface area contributed by atoms with E-state index in [9.17, 15) is 0 Å². The van der Waals surface area contributed by atoms with E-state index in [1.54, 1.807) is 0 Å². The molecular weight excluding hydrogens is 212 g/mol. The predicted molar refractivity (Wildman–Crippen MR) is 73.4 cm³/mol. The maximum absolute atomic E-state index is 5.61. The summed E-state index contributed by atoms with van der Waals surface area (Å²) in [5, 5.41) is 3.52. The third kappa shape index (κ3) is 5.36. The van der Waals surface area contributed by atoms with Crippen molar-refractivity contribution in [1.82, 2.24) is 10.2 Å². The van der Waals surface area contributed by atoms with Crippen LogP contribution in [0.4, 0.5) is 0 Å². The second-order valence-electron chi connectivity index (χ2n) is 5.76. The molecule has 1 saturated heterocycles. The first-order chi connectivity index (χ1) is 8.09. The molecule has 1 aliphatic rings. The van der Waals surface area contributed by atoms with Gasteiger partial charge in [0.2, 0.25) is 0 Å². The molecule has 0 radical (unpaired) electrons. The molecule has 0 aromatic rings. The summed E-state index contributed by atoms with van der Waals surface area (Å²) in [6.45, 7) is 15.5. The van der Waals surface area contributed by atoms with E-state index < -0.39 is 0 Å². The fourth-order valence-electron chi connectivity index (χ4n) is 2.83. The Hall–Kier alpha value is -0.120. The molecule has 0 saturated carbocycles. The minimum atomic E-state index is 0.397. The van der Waals surface area contributed by atoms with Crippen molar-refractivity contribution in [3.63, 3.8) is 0 Å². The van der Waals surface area contributed by atoms with E-state index in [1.165, 1.54) is 19.4 Å². The summed E-state index contributed by atoms with van der Waals surface area (Å²) in [4.78, 5) is 2.57. The highest BCUT2D eigenvalue weighted by Crippen LogP contribution is 2.24. The summed E-state index contributed by atoms with van der Waals surface area (Å²) in [7, 11) is 0. The minimum Gasteiger partial charge on any atom is -0.376 e. The highest BCUT2D eigenvalue weighted by molar-refractivity contribution is 4.82. The van der Waals surface area contributed by atoms with Gasteiger partial charge in [-0.2, -0.15) is 0 Å². The zero-order chi connectivity index (χ0) is 12.7. The lowest BCUT2D eigenvalue weighted by Crippen LogP contribution is -2.48. The maximum atomic E-state index is 5.61. The van der Waals surface area contributed by atoms with Gasteiger partial charge in [-0.25, -0.2) is 0 Å². The molecule has 1 fully saturated rings. The van der Waals surface area contributed by atoms with Gasteiger partial charge in [-0.1, -0.05) is 27.2 Å². The Morgan fingerprint density at radius 1 is 1.41 bits per heavy atom. The van der Waals surface area contributed by atoms with E-state index in [-0.39, 0.29) is 0 Å². The zero-order valence-corrected chi connectivity index (χ0v) is 12.1. The van der Waals surface area contributed by atoms with Crippen molar-refractivity contribution >= 4 is 0 Å². The van der Waals surface area contributed by atoms with E-state index in [4.69, 9.17) is 4.74 Å². The SMILES string of the molecule is CCCC(C)(CNCC)CN1CCOC(C)C1. The number of hydrogen-bond acceptors (Lipinski definition) is 3. The lowest BCUT2D eigenvalue weighted by molar-refractivity contribution is -0.0315. The second kappa shape index (κ2) is 7.34. The first-order valence-electron chi connectivity index (χ1n) is 7.14. The Kier molecular flexibility index (Phi) is 6.45. The predicted octanol–water partition coefficient (Wildman–Crippen LogP) is 2.12. The van der Waals surface area contributed by atoms with E-state index in [0.29, 0.717) is 11.5 Å². The van der Waals surface area contributed by atoms with Crippen molar-refractivity contribution < 1.29 is 4.74 Å². The number of hydrogen-bond donors (Lipinski definition) is 1. The molecule has 1 rings (SSSR count). The molecule has 2 atom stereocenters. The normalized spacial score (nSPS) is 25.8. The van der Waals surface area contributed by atoms with E-state index in [0.717, 1.165) is 32.8 Å². The molecule has 1 aliphatic heterocycles. The van der Waals surface area contributed by atoms with Crippen LogP contribution in [-0.4, -0.2) is 50.3 Å². The Bertz CT molecular complexity index is 210. The molecule has 3 heteroatoms. The Morgan fingerprint density at radius 2 is 2.18 bits per heavy atom. The third-order valence-corrected chi connectivity index (χ3v) is 3.59. The quantitative estimate of drug-likeness (QED) is 0.740. The summed E-state index contributed by atoms with van der Waals surface area (Å²) in [5.41, 5.74) is 0.405. The van der Waals surface area contributed by atoms with Gasteiger partial charge in [0, 0.05) is 26.2 Å². The summed E-state index contributed by atoms with van der Waals surface area (Å²) in [6.07, 6.45) is 2.96. The van der Waals surface area contributed by atoms with Gasteiger partial charge in [0.25, 0.3) is 0 Å². The second-order valence-corrected chi connectivity index (χ2v) is 5.76. The van der Waals surface area contributed by atoms with Crippen LogP contribution in [0.1, 0.15) is 40.5 Å². The Labute approximate surface area is 107 Å². The highest BCUT2D eigenvalue weighted by atomic mass is 16.5. The van der Waals surface area contributed by atoms with Crippen LogP contribution in [0.25, 0.3) is 0 Å². The topological polar surface area (TPSA) is 24.5 Å².